The maximum absolute atomic E-state index is 5.78. The van der Waals surface area contributed by atoms with Crippen molar-refractivity contribution in [3.63, 3.8) is 0 Å². The number of benzene rings is 1. The number of unbranched alkanes of at least 4 members (excludes halogenated alkanes) is 3. The van der Waals surface area contributed by atoms with Crippen molar-refractivity contribution in [1.29, 1.82) is 0 Å². The average Bonchev–Trinajstić information content (AvgIpc) is 2.46. The van der Waals surface area contributed by atoms with Crippen LogP contribution in [0.2, 0.25) is 0 Å². The fourth-order valence-corrected chi connectivity index (χ4v) is 2.48. The van der Waals surface area contributed by atoms with Gasteiger partial charge in [0.1, 0.15) is 11.5 Å². The Morgan fingerprint density at radius 3 is 2.57 bits per heavy atom. The van der Waals surface area contributed by atoms with Gasteiger partial charge < -0.3 is 14.8 Å². The van der Waals surface area contributed by atoms with E-state index >= 15 is 0 Å². The molecule has 0 bridgehead atoms. The summed E-state index contributed by atoms with van der Waals surface area (Å²) in [4.78, 5) is 0. The van der Waals surface area contributed by atoms with Crippen molar-refractivity contribution in [3.8, 4) is 11.5 Å². The second kappa shape index (κ2) is 10.9. The van der Waals surface area contributed by atoms with E-state index in [-0.39, 0.29) is 0 Å². The van der Waals surface area contributed by atoms with Crippen molar-refractivity contribution < 1.29 is 9.47 Å². The molecule has 0 fully saturated rings. The predicted octanol–water partition coefficient (Wildman–Crippen LogP) is 4.64. The van der Waals surface area contributed by atoms with Crippen molar-refractivity contribution >= 4 is 15.9 Å². The van der Waals surface area contributed by atoms with Gasteiger partial charge >= 0.3 is 0 Å². The van der Waals surface area contributed by atoms with E-state index in [1.807, 2.05) is 18.2 Å². The summed E-state index contributed by atoms with van der Waals surface area (Å²) in [5.74, 6) is 2.46. The van der Waals surface area contributed by atoms with E-state index in [2.05, 4.69) is 35.1 Å². The molecule has 4 heteroatoms. The lowest BCUT2D eigenvalue weighted by molar-refractivity contribution is 0.302. The van der Waals surface area contributed by atoms with Gasteiger partial charge in [0.15, 0.2) is 0 Å². The number of hydrogen-bond acceptors (Lipinski definition) is 3. The topological polar surface area (TPSA) is 30.5 Å². The van der Waals surface area contributed by atoms with Crippen LogP contribution < -0.4 is 14.8 Å². The molecule has 1 aromatic rings. The Balaban J connectivity index is 2.04. The summed E-state index contributed by atoms with van der Waals surface area (Å²) in [6.45, 7) is 7.49. The number of hydrogen-bond donors (Lipinski definition) is 1. The smallest absolute Gasteiger partial charge is 0.133 e. The quantitative estimate of drug-likeness (QED) is 0.585. The Morgan fingerprint density at radius 2 is 1.90 bits per heavy atom. The van der Waals surface area contributed by atoms with Gasteiger partial charge in [-0.3, -0.25) is 0 Å². The standard InChI is InChI=1S/C17H28BrNO2/c1-14(2)13-19-10-6-4-5-7-11-21-17-9-8-15(20-3)12-16(17)18/h8-9,12,14,19H,4-7,10-11,13H2,1-3H3. The average molecular weight is 358 g/mol. The van der Waals surface area contributed by atoms with Crippen LogP contribution in [0, 0.1) is 5.92 Å². The van der Waals surface area contributed by atoms with Gasteiger partial charge in [-0.25, -0.2) is 0 Å². The van der Waals surface area contributed by atoms with E-state index < -0.39 is 0 Å². The second-order valence-electron chi connectivity index (χ2n) is 5.66. The van der Waals surface area contributed by atoms with Crippen molar-refractivity contribution in [1.82, 2.24) is 5.32 Å². The van der Waals surface area contributed by atoms with E-state index in [0.29, 0.717) is 0 Å². The van der Waals surface area contributed by atoms with Crippen LogP contribution in [0.4, 0.5) is 0 Å². The fraction of sp³-hybridized carbons (Fsp3) is 0.647. The summed E-state index contributed by atoms with van der Waals surface area (Å²) in [6, 6.07) is 5.79. The van der Waals surface area contributed by atoms with Crippen LogP contribution in [-0.2, 0) is 0 Å². The molecule has 0 aliphatic carbocycles. The van der Waals surface area contributed by atoms with Crippen LogP contribution in [0.1, 0.15) is 39.5 Å². The first-order chi connectivity index (χ1) is 10.1. The predicted molar refractivity (Wildman–Crippen MR) is 92.4 cm³/mol. The molecule has 0 heterocycles. The molecule has 0 saturated carbocycles. The van der Waals surface area contributed by atoms with Crippen LogP contribution in [-0.4, -0.2) is 26.8 Å². The van der Waals surface area contributed by atoms with Gasteiger partial charge in [0.2, 0.25) is 0 Å². The van der Waals surface area contributed by atoms with Crippen LogP contribution in [0.3, 0.4) is 0 Å². The van der Waals surface area contributed by atoms with Crippen molar-refractivity contribution in [3.05, 3.63) is 22.7 Å². The number of nitrogens with one attached hydrogen (secondary N) is 1. The Hall–Kier alpha value is -0.740. The van der Waals surface area contributed by atoms with Crippen LogP contribution in [0.5, 0.6) is 11.5 Å². The molecule has 1 aromatic carbocycles. The van der Waals surface area contributed by atoms with Crippen LogP contribution >= 0.6 is 15.9 Å². The lowest BCUT2D eigenvalue weighted by Gasteiger charge is -2.10. The second-order valence-corrected chi connectivity index (χ2v) is 6.51. The van der Waals surface area contributed by atoms with Crippen molar-refractivity contribution in [2.75, 3.05) is 26.8 Å². The molecule has 3 nitrogen and oxygen atoms in total. The zero-order valence-electron chi connectivity index (χ0n) is 13.5. The van der Waals surface area contributed by atoms with E-state index in [0.717, 1.165) is 48.0 Å². The lowest BCUT2D eigenvalue weighted by Crippen LogP contribution is -2.20. The minimum atomic E-state index is 0.737. The summed E-state index contributed by atoms with van der Waals surface area (Å²) in [5, 5.41) is 3.47. The van der Waals surface area contributed by atoms with E-state index in [1.54, 1.807) is 7.11 Å². The maximum Gasteiger partial charge on any atom is 0.133 e. The molecule has 1 N–H and O–H groups in total. The van der Waals surface area contributed by atoms with E-state index in [9.17, 15) is 0 Å². The summed E-state index contributed by atoms with van der Waals surface area (Å²) < 4.78 is 11.9. The molecule has 120 valence electrons. The van der Waals surface area contributed by atoms with Gasteiger partial charge in [0.25, 0.3) is 0 Å². The lowest BCUT2D eigenvalue weighted by atomic mass is 10.2. The van der Waals surface area contributed by atoms with Crippen molar-refractivity contribution in [2.45, 2.75) is 39.5 Å². The van der Waals surface area contributed by atoms with Gasteiger partial charge in [-0.1, -0.05) is 26.7 Å². The molecule has 0 aliphatic rings. The minimum absolute atomic E-state index is 0.737. The molecular weight excluding hydrogens is 330 g/mol. The highest BCUT2D eigenvalue weighted by atomic mass is 79.9. The molecule has 1 rings (SSSR count). The first kappa shape index (κ1) is 18.3. The molecule has 0 unspecified atom stereocenters. The highest BCUT2D eigenvalue weighted by molar-refractivity contribution is 9.10. The molecule has 0 saturated heterocycles. The Kier molecular flexibility index (Phi) is 9.51. The molecular formula is C17H28BrNO2. The summed E-state index contributed by atoms with van der Waals surface area (Å²) in [6.07, 6.45) is 4.83. The largest absolute Gasteiger partial charge is 0.497 e. The summed E-state index contributed by atoms with van der Waals surface area (Å²) in [7, 11) is 1.67. The minimum Gasteiger partial charge on any atom is -0.497 e. The SMILES string of the molecule is COc1ccc(OCCCCCCNCC(C)C)c(Br)c1. The zero-order chi connectivity index (χ0) is 15.5. The van der Waals surface area contributed by atoms with E-state index in [1.165, 1.54) is 19.3 Å². The Morgan fingerprint density at radius 1 is 1.14 bits per heavy atom. The van der Waals surface area contributed by atoms with Gasteiger partial charge in [-0.05, 0) is 66.0 Å². The van der Waals surface area contributed by atoms with Crippen LogP contribution in [0.15, 0.2) is 22.7 Å². The number of rotatable bonds is 11. The molecule has 0 radical (unpaired) electrons. The van der Waals surface area contributed by atoms with Crippen LogP contribution in [0.25, 0.3) is 0 Å². The molecule has 0 aromatic heterocycles. The first-order valence-corrected chi connectivity index (χ1v) is 8.60. The summed E-state index contributed by atoms with van der Waals surface area (Å²) in [5.41, 5.74) is 0. The first-order valence-electron chi connectivity index (χ1n) is 7.80. The third-order valence-corrected chi connectivity index (χ3v) is 3.82. The third-order valence-electron chi connectivity index (χ3n) is 3.20. The van der Waals surface area contributed by atoms with Gasteiger partial charge in [-0.15, -0.1) is 0 Å². The Bertz CT molecular complexity index is 396. The van der Waals surface area contributed by atoms with Crippen molar-refractivity contribution in [2.24, 2.45) is 5.92 Å². The summed E-state index contributed by atoms with van der Waals surface area (Å²) >= 11 is 3.50. The molecule has 0 atom stereocenters. The van der Waals surface area contributed by atoms with Gasteiger partial charge in [-0.2, -0.15) is 0 Å². The molecule has 0 spiro atoms. The van der Waals surface area contributed by atoms with Gasteiger partial charge in [0, 0.05) is 0 Å². The molecule has 0 amide bonds. The highest BCUT2D eigenvalue weighted by Crippen LogP contribution is 2.29. The third kappa shape index (κ3) is 8.32. The monoisotopic (exact) mass is 357 g/mol. The number of ether oxygens (including phenoxy) is 2. The zero-order valence-corrected chi connectivity index (χ0v) is 15.0. The Labute approximate surface area is 137 Å². The van der Waals surface area contributed by atoms with E-state index in [4.69, 9.17) is 9.47 Å². The normalized spacial score (nSPS) is 10.9. The van der Waals surface area contributed by atoms with Gasteiger partial charge in [0.05, 0.1) is 18.2 Å². The number of halogens is 1. The molecule has 0 aliphatic heterocycles. The fourth-order valence-electron chi connectivity index (χ4n) is 2.00. The highest BCUT2D eigenvalue weighted by Gasteiger charge is 2.02. The molecule has 21 heavy (non-hydrogen) atoms. The number of methoxy groups -OCH3 is 1. The maximum atomic E-state index is 5.78.